The summed E-state index contributed by atoms with van der Waals surface area (Å²) >= 11 is 0. The van der Waals surface area contributed by atoms with E-state index < -0.39 is 0 Å². The quantitative estimate of drug-likeness (QED) is 0.278. The summed E-state index contributed by atoms with van der Waals surface area (Å²) in [4.78, 5) is 0. The Balaban J connectivity index is 2.34. The molecule has 5 nitrogen and oxygen atoms in total. The topological polar surface area (TPSA) is 73.9 Å². The molecular formula is C6H14N4O. The Hall–Kier alpha value is -0.970. The van der Waals surface area contributed by atoms with Crippen LogP contribution in [0.3, 0.4) is 0 Å². The third kappa shape index (κ3) is 2.63. The summed E-state index contributed by atoms with van der Waals surface area (Å²) in [6, 6.07) is 0. The van der Waals surface area contributed by atoms with Crippen LogP contribution in [-0.4, -0.2) is 29.3 Å². The van der Waals surface area contributed by atoms with E-state index in [4.69, 9.17) is 10.9 Å². The van der Waals surface area contributed by atoms with Crippen LogP contribution in [-0.2, 0) is 0 Å². The number of nitrogens with zero attached hydrogens (tertiary/aromatic N) is 2. The minimum Gasteiger partial charge on any atom is -0.367 e. The number of hydrogen-bond acceptors (Lipinski definition) is 3. The molecule has 1 heterocycles. The first-order valence-electron chi connectivity index (χ1n) is 3.82. The fourth-order valence-corrected chi connectivity index (χ4v) is 1.15. The largest absolute Gasteiger partial charge is 0.367 e. The summed E-state index contributed by atoms with van der Waals surface area (Å²) in [6.45, 7) is 1.87. The molecule has 64 valence electrons. The van der Waals surface area contributed by atoms with E-state index in [9.17, 15) is 0 Å². The SMILES string of the molecule is N/C(=N\N1CCCCC1)NO. The second-order valence-corrected chi connectivity index (χ2v) is 2.61. The molecule has 4 N–H and O–H groups in total. The summed E-state index contributed by atoms with van der Waals surface area (Å²) < 4.78 is 0. The molecule has 1 aliphatic rings. The molecule has 0 radical (unpaired) electrons. The van der Waals surface area contributed by atoms with Crippen LogP contribution in [0.2, 0.25) is 0 Å². The van der Waals surface area contributed by atoms with E-state index in [0.717, 1.165) is 25.9 Å². The summed E-state index contributed by atoms with van der Waals surface area (Å²) in [6.07, 6.45) is 3.57. The maximum atomic E-state index is 8.33. The molecule has 1 aliphatic heterocycles. The number of nitrogens with one attached hydrogen (secondary N) is 1. The third-order valence-corrected chi connectivity index (χ3v) is 1.70. The molecule has 0 aliphatic carbocycles. The molecule has 0 aromatic heterocycles. The Morgan fingerprint density at radius 3 is 2.55 bits per heavy atom. The van der Waals surface area contributed by atoms with Gasteiger partial charge in [0.1, 0.15) is 0 Å². The third-order valence-electron chi connectivity index (χ3n) is 1.70. The van der Waals surface area contributed by atoms with Crippen molar-refractivity contribution in [3.05, 3.63) is 0 Å². The van der Waals surface area contributed by atoms with Crippen molar-refractivity contribution in [1.82, 2.24) is 10.5 Å². The molecule has 11 heavy (non-hydrogen) atoms. The first kappa shape index (κ1) is 8.13. The van der Waals surface area contributed by atoms with Crippen molar-refractivity contribution in [3.8, 4) is 0 Å². The van der Waals surface area contributed by atoms with Gasteiger partial charge in [-0.15, -0.1) is 5.10 Å². The van der Waals surface area contributed by atoms with Gasteiger partial charge in [-0.25, -0.2) is 5.48 Å². The van der Waals surface area contributed by atoms with Crippen LogP contribution in [0.15, 0.2) is 5.10 Å². The molecule has 1 fully saturated rings. The van der Waals surface area contributed by atoms with Crippen molar-refractivity contribution < 1.29 is 5.21 Å². The van der Waals surface area contributed by atoms with Gasteiger partial charge in [-0.2, -0.15) is 0 Å². The van der Waals surface area contributed by atoms with Crippen molar-refractivity contribution in [2.45, 2.75) is 19.3 Å². The highest BCUT2D eigenvalue weighted by molar-refractivity contribution is 5.76. The molecule has 0 saturated carbocycles. The van der Waals surface area contributed by atoms with Crippen molar-refractivity contribution >= 4 is 5.96 Å². The molecule has 0 atom stereocenters. The van der Waals surface area contributed by atoms with Crippen LogP contribution in [0.5, 0.6) is 0 Å². The molecule has 0 spiro atoms. The lowest BCUT2D eigenvalue weighted by atomic mass is 10.2. The average molecular weight is 158 g/mol. The molecule has 1 rings (SSSR count). The van der Waals surface area contributed by atoms with Gasteiger partial charge in [0.15, 0.2) is 0 Å². The zero-order valence-electron chi connectivity index (χ0n) is 6.45. The molecule has 0 bridgehead atoms. The lowest BCUT2D eigenvalue weighted by molar-refractivity contribution is 0.210. The van der Waals surface area contributed by atoms with Gasteiger partial charge in [-0.1, -0.05) is 0 Å². The molecule has 0 aromatic rings. The molecule has 0 aromatic carbocycles. The predicted octanol–water partition coefficient (Wildman–Crippen LogP) is -0.319. The van der Waals surface area contributed by atoms with Crippen molar-refractivity contribution in [1.29, 1.82) is 0 Å². The van der Waals surface area contributed by atoms with Crippen LogP contribution in [0.25, 0.3) is 0 Å². The molecule has 0 amide bonds. The van der Waals surface area contributed by atoms with Gasteiger partial charge in [-0.05, 0) is 19.3 Å². The second kappa shape index (κ2) is 4.02. The summed E-state index contributed by atoms with van der Waals surface area (Å²) in [5.74, 6) is 0.0619. The smallest absolute Gasteiger partial charge is 0.235 e. The van der Waals surface area contributed by atoms with E-state index in [-0.39, 0.29) is 5.96 Å². The lowest BCUT2D eigenvalue weighted by Crippen LogP contribution is -2.34. The Bertz CT molecular complexity index is 142. The fraction of sp³-hybridized carbons (Fsp3) is 0.833. The van der Waals surface area contributed by atoms with Crippen molar-refractivity contribution in [3.63, 3.8) is 0 Å². The number of nitrogens with two attached hydrogens (primary N) is 1. The lowest BCUT2D eigenvalue weighted by Gasteiger charge is -2.23. The Labute approximate surface area is 65.8 Å². The number of hydroxylamine groups is 1. The zero-order chi connectivity index (χ0) is 8.10. The van der Waals surface area contributed by atoms with Gasteiger partial charge in [0.2, 0.25) is 5.96 Å². The highest BCUT2D eigenvalue weighted by Gasteiger charge is 2.07. The van der Waals surface area contributed by atoms with Crippen LogP contribution >= 0.6 is 0 Å². The van der Waals surface area contributed by atoms with Crippen LogP contribution < -0.4 is 11.2 Å². The van der Waals surface area contributed by atoms with E-state index >= 15 is 0 Å². The van der Waals surface area contributed by atoms with E-state index in [1.165, 1.54) is 6.42 Å². The summed E-state index contributed by atoms with van der Waals surface area (Å²) in [5.41, 5.74) is 7.05. The molecule has 1 saturated heterocycles. The number of rotatable bonds is 1. The second-order valence-electron chi connectivity index (χ2n) is 2.61. The van der Waals surface area contributed by atoms with Gasteiger partial charge in [0.25, 0.3) is 0 Å². The molecule has 0 unspecified atom stereocenters. The standard InChI is InChI=1S/C6H14N4O/c7-6(9-11)8-10-4-2-1-3-5-10/h11H,1-5H2,(H3,7,8,9). The minimum absolute atomic E-state index is 0.0619. The Morgan fingerprint density at radius 1 is 1.36 bits per heavy atom. The minimum atomic E-state index is 0.0619. The maximum absolute atomic E-state index is 8.33. The van der Waals surface area contributed by atoms with Gasteiger partial charge >= 0.3 is 0 Å². The van der Waals surface area contributed by atoms with Crippen LogP contribution in [0.1, 0.15) is 19.3 Å². The monoisotopic (exact) mass is 158 g/mol. The number of piperidine rings is 1. The first-order chi connectivity index (χ1) is 5.33. The summed E-state index contributed by atoms with van der Waals surface area (Å²) in [5, 5.41) is 14.1. The highest BCUT2D eigenvalue weighted by atomic mass is 16.5. The maximum Gasteiger partial charge on any atom is 0.235 e. The van der Waals surface area contributed by atoms with E-state index in [1.807, 2.05) is 5.01 Å². The number of guanidine groups is 1. The van der Waals surface area contributed by atoms with Crippen LogP contribution in [0, 0.1) is 0 Å². The van der Waals surface area contributed by atoms with Gasteiger partial charge in [0.05, 0.1) is 0 Å². The predicted molar refractivity (Wildman–Crippen MR) is 42.0 cm³/mol. The van der Waals surface area contributed by atoms with E-state index in [1.54, 1.807) is 5.48 Å². The van der Waals surface area contributed by atoms with Crippen molar-refractivity contribution in [2.75, 3.05) is 13.1 Å². The molecule has 5 heteroatoms. The zero-order valence-corrected chi connectivity index (χ0v) is 6.45. The molecular weight excluding hydrogens is 144 g/mol. The fourth-order valence-electron chi connectivity index (χ4n) is 1.15. The van der Waals surface area contributed by atoms with Gasteiger partial charge in [0, 0.05) is 13.1 Å². The Kier molecular flexibility index (Phi) is 2.97. The average Bonchev–Trinajstić information content (AvgIpc) is 2.06. The first-order valence-corrected chi connectivity index (χ1v) is 3.82. The van der Waals surface area contributed by atoms with Crippen molar-refractivity contribution in [2.24, 2.45) is 10.8 Å². The Morgan fingerprint density at radius 2 is 2.00 bits per heavy atom. The number of hydrogen-bond donors (Lipinski definition) is 3. The summed E-state index contributed by atoms with van der Waals surface area (Å²) in [7, 11) is 0. The number of hydrazone groups is 1. The van der Waals surface area contributed by atoms with E-state index in [2.05, 4.69) is 5.10 Å². The van der Waals surface area contributed by atoms with E-state index in [0.29, 0.717) is 0 Å². The highest BCUT2D eigenvalue weighted by Crippen LogP contribution is 2.07. The normalized spacial score (nSPS) is 20.1. The van der Waals surface area contributed by atoms with Gasteiger partial charge in [-0.3, -0.25) is 10.2 Å². The van der Waals surface area contributed by atoms with Gasteiger partial charge < -0.3 is 5.73 Å². The van der Waals surface area contributed by atoms with Crippen LogP contribution in [0.4, 0.5) is 0 Å².